The highest BCUT2D eigenvalue weighted by Gasteiger charge is 2.40. The number of nitrogens with zero attached hydrogens (tertiary/aromatic N) is 1. The van der Waals surface area contributed by atoms with Crippen molar-refractivity contribution in [1.29, 1.82) is 0 Å². The van der Waals surface area contributed by atoms with Crippen molar-refractivity contribution < 1.29 is 17.6 Å². The minimum absolute atomic E-state index is 0.419. The molecule has 8 heteroatoms. The fourth-order valence-corrected chi connectivity index (χ4v) is 0.756. The van der Waals surface area contributed by atoms with E-state index in [0.717, 1.165) is 6.20 Å². The van der Waals surface area contributed by atoms with Gasteiger partial charge in [0.05, 0.1) is 6.54 Å². The predicted octanol–water partition coefficient (Wildman–Crippen LogP) is 1.08. The number of halogens is 4. The molecular formula is C7H7F4N3O. The van der Waals surface area contributed by atoms with E-state index in [1.165, 1.54) is 6.20 Å². The van der Waals surface area contributed by atoms with E-state index in [9.17, 15) is 22.4 Å². The first-order valence-corrected chi connectivity index (χ1v) is 3.87. The molecular weight excluding hydrogens is 218 g/mol. The van der Waals surface area contributed by atoms with Crippen LogP contribution in [0.1, 0.15) is 0 Å². The topological polar surface area (TPSA) is 57.8 Å². The SMILES string of the molecule is O=c1[nH]ccnc1NCC(F)(F)C(F)F. The van der Waals surface area contributed by atoms with Crippen LogP contribution in [0.15, 0.2) is 17.2 Å². The van der Waals surface area contributed by atoms with Crippen molar-refractivity contribution in [2.45, 2.75) is 12.3 Å². The largest absolute Gasteiger partial charge is 0.359 e. The lowest BCUT2D eigenvalue weighted by Gasteiger charge is -2.15. The van der Waals surface area contributed by atoms with Gasteiger partial charge in [0.15, 0.2) is 5.82 Å². The second kappa shape index (κ2) is 4.28. The normalized spacial score (nSPS) is 11.8. The third-order valence-electron chi connectivity index (χ3n) is 1.52. The molecule has 84 valence electrons. The van der Waals surface area contributed by atoms with Crippen molar-refractivity contribution in [2.24, 2.45) is 0 Å². The summed E-state index contributed by atoms with van der Waals surface area (Å²) in [4.78, 5) is 16.5. The van der Waals surface area contributed by atoms with Gasteiger partial charge < -0.3 is 10.3 Å². The Morgan fingerprint density at radius 1 is 1.53 bits per heavy atom. The van der Waals surface area contributed by atoms with Gasteiger partial charge in [-0.2, -0.15) is 8.78 Å². The van der Waals surface area contributed by atoms with Crippen molar-refractivity contribution in [1.82, 2.24) is 9.97 Å². The smallest absolute Gasteiger partial charge is 0.324 e. The summed E-state index contributed by atoms with van der Waals surface area (Å²) in [7, 11) is 0. The van der Waals surface area contributed by atoms with Crippen molar-refractivity contribution in [3.63, 3.8) is 0 Å². The van der Waals surface area contributed by atoms with Crippen LogP contribution in [0, 0.1) is 0 Å². The molecule has 1 heterocycles. The molecule has 0 fully saturated rings. The highest BCUT2D eigenvalue weighted by Crippen LogP contribution is 2.22. The molecule has 0 amide bonds. The molecule has 1 aromatic heterocycles. The Balaban J connectivity index is 2.66. The van der Waals surface area contributed by atoms with Crippen LogP contribution in [0.2, 0.25) is 0 Å². The van der Waals surface area contributed by atoms with Gasteiger partial charge >= 0.3 is 12.3 Å². The molecule has 0 radical (unpaired) electrons. The zero-order valence-corrected chi connectivity index (χ0v) is 7.31. The molecule has 0 saturated heterocycles. The fourth-order valence-electron chi connectivity index (χ4n) is 0.756. The molecule has 1 rings (SSSR count). The number of H-pyrrole nitrogens is 1. The van der Waals surface area contributed by atoms with Crippen LogP contribution in [0.3, 0.4) is 0 Å². The second-order valence-electron chi connectivity index (χ2n) is 2.68. The van der Waals surface area contributed by atoms with E-state index in [1.54, 1.807) is 0 Å². The maximum absolute atomic E-state index is 12.4. The number of nitrogens with one attached hydrogen (secondary N) is 2. The summed E-state index contributed by atoms with van der Waals surface area (Å²) in [5.41, 5.74) is -0.748. The zero-order chi connectivity index (χ0) is 11.5. The second-order valence-corrected chi connectivity index (χ2v) is 2.68. The molecule has 0 aliphatic heterocycles. The van der Waals surface area contributed by atoms with Gasteiger partial charge in [-0.05, 0) is 0 Å². The molecule has 4 nitrogen and oxygen atoms in total. The van der Waals surface area contributed by atoms with E-state index in [-0.39, 0.29) is 0 Å². The third kappa shape index (κ3) is 2.93. The summed E-state index contributed by atoms with van der Waals surface area (Å²) < 4.78 is 48.3. The van der Waals surface area contributed by atoms with Gasteiger partial charge in [-0.1, -0.05) is 0 Å². The van der Waals surface area contributed by atoms with E-state index in [1.807, 2.05) is 5.32 Å². The number of aromatic nitrogens is 2. The molecule has 0 aliphatic rings. The number of anilines is 1. The average molecular weight is 225 g/mol. The Labute approximate surface area is 81.3 Å². The molecule has 0 spiro atoms. The number of rotatable bonds is 4. The highest BCUT2D eigenvalue weighted by atomic mass is 19.3. The zero-order valence-electron chi connectivity index (χ0n) is 7.31. The Morgan fingerprint density at radius 3 is 2.73 bits per heavy atom. The number of hydrogen-bond donors (Lipinski definition) is 2. The van der Waals surface area contributed by atoms with Crippen LogP contribution < -0.4 is 10.9 Å². The first-order chi connectivity index (χ1) is 6.93. The quantitative estimate of drug-likeness (QED) is 0.754. The van der Waals surface area contributed by atoms with Crippen LogP contribution in [0.5, 0.6) is 0 Å². The summed E-state index contributed by atoms with van der Waals surface area (Å²) in [6.07, 6.45) is -1.45. The van der Waals surface area contributed by atoms with Gasteiger partial charge in [0.2, 0.25) is 0 Å². The minimum atomic E-state index is -4.19. The van der Waals surface area contributed by atoms with Crippen LogP contribution in [0.4, 0.5) is 23.4 Å². The molecule has 0 unspecified atom stereocenters. The molecule has 0 aliphatic carbocycles. The van der Waals surface area contributed by atoms with Gasteiger partial charge in [-0.25, -0.2) is 13.8 Å². The van der Waals surface area contributed by atoms with E-state index >= 15 is 0 Å². The van der Waals surface area contributed by atoms with Crippen molar-refractivity contribution in [2.75, 3.05) is 11.9 Å². The van der Waals surface area contributed by atoms with Gasteiger partial charge in [0, 0.05) is 12.4 Å². The lowest BCUT2D eigenvalue weighted by atomic mass is 10.3. The lowest BCUT2D eigenvalue weighted by Crippen LogP contribution is -2.36. The highest BCUT2D eigenvalue weighted by molar-refractivity contribution is 5.30. The van der Waals surface area contributed by atoms with Crippen LogP contribution >= 0.6 is 0 Å². The van der Waals surface area contributed by atoms with Crippen LogP contribution in [0.25, 0.3) is 0 Å². The summed E-state index contributed by atoms with van der Waals surface area (Å²) in [5, 5.41) is 1.85. The van der Waals surface area contributed by atoms with E-state index in [2.05, 4.69) is 9.97 Å². The number of alkyl halides is 4. The maximum atomic E-state index is 12.4. The number of aromatic amines is 1. The van der Waals surface area contributed by atoms with Crippen LogP contribution in [-0.2, 0) is 0 Å². The van der Waals surface area contributed by atoms with Crippen LogP contribution in [-0.4, -0.2) is 28.9 Å². The molecule has 15 heavy (non-hydrogen) atoms. The Kier molecular flexibility index (Phi) is 3.28. The first kappa shape index (κ1) is 11.5. The fraction of sp³-hybridized carbons (Fsp3) is 0.429. The van der Waals surface area contributed by atoms with E-state index in [0.29, 0.717) is 0 Å². The third-order valence-corrected chi connectivity index (χ3v) is 1.52. The van der Waals surface area contributed by atoms with Gasteiger partial charge in [-0.3, -0.25) is 4.79 Å². The Morgan fingerprint density at radius 2 is 2.20 bits per heavy atom. The minimum Gasteiger partial charge on any atom is -0.359 e. The van der Waals surface area contributed by atoms with E-state index in [4.69, 9.17) is 0 Å². The summed E-state index contributed by atoms with van der Waals surface area (Å²) in [6.45, 7) is -1.34. The summed E-state index contributed by atoms with van der Waals surface area (Å²) >= 11 is 0. The van der Waals surface area contributed by atoms with Crippen molar-refractivity contribution in [3.05, 3.63) is 22.7 Å². The molecule has 2 N–H and O–H groups in total. The van der Waals surface area contributed by atoms with Gasteiger partial charge in [0.25, 0.3) is 5.56 Å². The molecule has 0 saturated carbocycles. The predicted molar refractivity (Wildman–Crippen MR) is 44.3 cm³/mol. The number of hydrogen-bond acceptors (Lipinski definition) is 3. The summed E-state index contributed by atoms with van der Waals surface area (Å²) in [6, 6.07) is 0. The standard InChI is InChI=1S/C7H7F4N3O/c8-6(9)7(10,11)3-14-4-5(15)13-2-1-12-4/h1-2,6H,3H2,(H,12,14)(H,13,15). The average Bonchev–Trinajstić information content (AvgIpc) is 2.16. The van der Waals surface area contributed by atoms with Gasteiger partial charge in [-0.15, -0.1) is 0 Å². The van der Waals surface area contributed by atoms with Gasteiger partial charge in [0.1, 0.15) is 0 Å². The molecule has 1 aromatic rings. The summed E-state index contributed by atoms with van der Waals surface area (Å²) in [5.74, 6) is -4.61. The molecule has 0 atom stereocenters. The Hall–Kier alpha value is -1.60. The maximum Gasteiger partial charge on any atom is 0.324 e. The van der Waals surface area contributed by atoms with Crippen molar-refractivity contribution in [3.8, 4) is 0 Å². The molecule has 0 aromatic carbocycles. The first-order valence-electron chi connectivity index (χ1n) is 3.87. The van der Waals surface area contributed by atoms with E-state index < -0.39 is 30.3 Å². The molecule has 0 bridgehead atoms. The Bertz CT molecular complexity index is 378. The van der Waals surface area contributed by atoms with Crippen molar-refractivity contribution >= 4 is 5.82 Å². The monoisotopic (exact) mass is 225 g/mol. The lowest BCUT2D eigenvalue weighted by molar-refractivity contribution is -0.117.